The van der Waals surface area contributed by atoms with Crippen LogP contribution in [0.25, 0.3) is 11.3 Å². The molecule has 0 amide bonds. The molecule has 0 bridgehead atoms. The molecule has 11 heteroatoms. The van der Waals surface area contributed by atoms with E-state index >= 15 is 0 Å². The minimum atomic E-state index is -4.07. The first-order valence-electron chi connectivity index (χ1n) is 13.7. The summed E-state index contributed by atoms with van der Waals surface area (Å²) in [5.41, 5.74) is 2.00. The van der Waals surface area contributed by atoms with Gasteiger partial charge in [-0.3, -0.25) is 14.5 Å². The molecule has 1 saturated heterocycles. The molecule has 0 spiro atoms. The molecule has 2 fully saturated rings. The first-order valence-corrected chi connectivity index (χ1v) is 15.6. The number of aromatic nitrogens is 3. The first kappa shape index (κ1) is 28.3. The minimum absolute atomic E-state index is 0.0416. The summed E-state index contributed by atoms with van der Waals surface area (Å²) in [4.78, 5) is 27.4. The Kier molecular flexibility index (Phi) is 8.01. The Balaban J connectivity index is 1.40. The van der Waals surface area contributed by atoms with Crippen molar-refractivity contribution < 1.29 is 18.3 Å². The number of sulfonamides is 1. The number of carbonyl (C=O) groups is 1. The summed E-state index contributed by atoms with van der Waals surface area (Å²) >= 11 is 6.47. The maximum atomic E-state index is 13.4. The topological polar surface area (TPSA) is 125 Å². The lowest BCUT2D eigenvalue weighted by Gasteiger charge is -2.56. The zero-order chi connectivity index (χ0) is 28.6. The van der Waals surface area contributed by atoms with Crippen LogP contribution < -0.4 is 9.62 Å². The van der Waals surface area contributed by atoms with Gasteiger partial charge >= 0.3 is 5.97 Å². The lowest BCUT2D eigenvalue weighted by molar-refractivity contribution is -0.152. The highest BCUT2D eigenvalue weighted by atomic mass is 35.5. The van der Waals surface area contributed by atoms with Gasteiger partial charge in [-0.05, 0) is 67.0 Å². The number of nitrogens with one attached hydrogen (secondary N) is 1. The van der Waals surface area contributed by atoms with E-state index in [0.717, 1.165) is 30.5 Å². The highest BCUT2D eigenvalue weighted by molar-refractivity contribution is 7.92. The van der Waals surface area contributed by atoms with Crippen molar-refractivity contribution in [1.82, 2.24) is 15.0 Å². The molecule has 2 aliphatic rings. The quantitative estimate of drug-likeness (QED) is 0.322. The van der Waals surface area contributed by atoms with Crippen molar-refractivity contribution in [2.24, 2.45) is 17.8 Å². The highest BCUT2D eigenvalue weighted by Crippen LogP contribution is 2.49. The van der Waals surface area contributed by atoms with Gasteiger partial charge in [-0.1, -0.05) is 51.3 Å². The maximum Gasteiger partial charge on any atom is 0.306 e. The molecule has 4 atom stereocenters. The van der Waals surface area contributed by atoms with Crippen LogP contribution in [-0.4, -0.2) is 47.0 Å². The summed E-state index contributed by atoms with van der Waals surface area (Å²) in [6.07, 6.45) is 5.12. The van der Waals surface area contributed by atoms with Crippen molar-refractivity contribution in [3.05, 3.63) is 59.4 Å². The Bertz CT molecular complexity index is 1520. The van der Waals surface area contributed by atoms with Crippen LogP contribution in [-0.2, 0) is 14.8 Å². The first-order chi connectivity index (χ1) is 19.1. The average molecular weight is 584 g/mol. The summed E-state index contributed by atoms with van der Waals surface area (Å²) in [6.45, 7) is 6.88. The molecule has 3 aromatic heterocycles. The van der Waals surface area contributed by atoms with E-state index in [-0.39, 0.29) is 34.6 Å². The van der Waals surface area contributed by atoms with Crippen LogP contribution >= 0.6 is 11.6 Å². The Morgan fingerprint density at radius 1 is 1.18 bits per heavy atom. The Hall–Kier alpha value is -3.24. The summed E-state index contributed by atoms with van der Waals surface area (Å²) in [7, 11) is -4.07. The standard InChI is InChI=1S/C29H34ClN5O4S/c1-4-7-18-13-15-35(22-16-20(26(18)22)29(36)37)24-9-5-10-25(33-24)40(38,39)34-23-12-11-21(30)28(32-23)19-8-6-14-31-27(19)17(2)3/h5-6,8-12,14,17-18,20,22,26H,4,7,13,15-16H2,1-3H3,(H,32,34)(H,36,37)/t18-,20+,22+,26-/m1/s1. The molecule has 3 aromatic rings. The van der Waals surface area contributed by atoms with Gasteiger partial charge in [0.05, 0.1) is 22.3 Å². The second kappa shape index (κ2) is 11.3. The zero-order valence-electron chi connectivity index (χ0n) is 22.8. The van der Waals surface area contributed by atoms with E-state index in [0.29, 0.717) is 35.4 Å². The molecule has 5 rings (SSSR count). The summed E-state index contributed by atoms with van der Waals surface area (Å²) in [5, 5.41) is 9.98. The van der Waals surface area contributed by atoms with Gasteiger partial charge in [0.25, 0.3) is 10.0 Å². The van der Waals surface area contributed by atoms with Crippen molar-refractivity contribution >= 4 is 39.2 Å². The number of fused-ring (bicyclic) bond motifs is 1. The molecule has 1 aliphatic carbocycles. The van der Waals surface area contributed by atoms with Crippen molar-refractivity contribution in [1.29, 1.82) is 0 Å². The molecular weight excluding hydrogens is 550 g/mol. The molecule has 0 aromatic carbocycles. The molecule has 4 heterocycles. The van der Waals surface area contributed by atoms with Crippen molar-refractivity contribution in [2.75, 3.05) is 16.2 Å². The Morgan fingerprint density at radius 3 is 2.70 bits per heavy atom. The van der Waals surface area contributed by atoms with Crippen LogP contribution in [0.2, 0.25) is 5.02 Å². The monoisotopic (exact) mass is 583 g/mol. The van der Waals surface area contributed by atoms with Crippen LogP contribution in [0.4, 0.5) is 11.6 Å². The molecule has 0 radical (unpaired) electrons. The van der Waals surface area contributed by atoms with Gasteiger partial charge in [0, 0.05) is 24.3 Å². The third-order valence-corrected chi connectivity index (χ3v) is 9.63. The highest BCUT2D eigenvalue weighted by Gasteiger charge is 2.53. The fourth-order valence-electron chi connectivity index (χ4n) is 6.21. The Labute approximate surface area is 240 Å². The number of pyridine rings is 3. The lowest BCUT2D eigenvalue weighted by atomic mass is 9.59. The number of hydrogen-bond acceptors (Lipinski definition) is 7. The molecule has 0 unspecified atom stereocenters. The molecule has 9 nitrogen and oxygen atoms in total. The van der Waals surface area contributed by atoms with Crippen LogP contribution in [0.1, 0.15) is 58.1 Å². The number of carboxylic acids is 1. The number of hydrogen-bond donors (Lipinski definition) is 2. The van der Waals surface area contributed by atoms with E-state index in [9.17, 15) is 18.3 Å². The molecule has 2 N–H and O–H groups in total. The minimum Gasteiger partial charge on any atom is -0.481 e. The number of anilines is 2. The van der Waals surface area contributed by atoms with Crippen LogP contribution in [0.15, 0.2) is 53.7 Å². The number of piperidine rings is 1. The van der Waals surface area contributed by atoms with Gasteiger partial charge in [-0.15, -0.1) is 0 Å². The van der Waals surface area contributed by atoms with Gasteiger partial charge in [0.1, 0.15) is 11.6 Å². The predicted octanol–water partition coefficient (Wildman–Crippen LogP) is 5.83. The molecule has 212 valence electrons. The number of carboxylic acid groups (broad SMARTS) is 1. The lowest BCUT2D eigenvalue weighted by Crippen LogP contribution is -2.61. The van der Waals surface area contributed by atoms with E-state index in [1.807, 2.05) is 19.9 Å². The second-order valence-corrected chi connectivity index (χ2v) is 12.9. The van der Waals surface area contributed by atoms with E-state index < -0.39 is 16.0 Å². The zero-order valence-corrected chi connectivity index (χ0v) is 24.4. The van der Waals surface area contributed by atoms with Gasteiger partial charge in [0.15, 0.2) is 5.03 Å². The largest absolute Gasteiger partial charge is 0.481 e. The average Bonchev–Trinajstić information content (AvgIpc) is 2.90. The maximum absolute atomic E-state index is 13.4. The van der Waals surface area contributed by atoms with E-state index in [4.69, 9.17) is 11.6 Å². The van der Waals surface area contributed by atoms with E-state index in [1.54, 1.807) is 30.5 Å². The number of halogens is 1. The number of rotatable bonds is 9. The third kappa shape index (κ3) is 5.39. The van der Waals surface area contributed by atoms with Gasteiger partial charge < -0.3 is 10.0 Å². The molecule has 1 aliphatic heterocycles. The Morgan fingerprint density at radius 2 is 1.98 bits per heavy atom. The summed E-state index contributed by atoms with van der Waals surface area (Å²) in [6, 6.07) is 11.7. The fraction of sp³-hybridized carbons (Fsp3) is 0.448. The van der Waals surface area contributed by atoms with Crippen molar-refractivity contribution in [2.45, 2.75) is 63.4 Å². The molecule has 1 saturated carbocycles. The number of nitrogens with zero attached hydrogens (tertiary/aromatic N) is 4. The van der Waals surface area contributed by atoms with E-state index in [1.165, 1.54) is 12.1 Å². The SMILES string of the molecule is CCC[C@@H]1CCN(c2cccc(S(=O)(=O)Nc3ccc(Cl)c(-c4cccnc4C(C)C)n3)n2)[C@H]2C[C@H](C(=O)O)[C@@H]12. The fourth-order valence-corrected chi connectivity index (χ4v) is 7.39. The van der Waals surface area contributed by atoms with Crippen LogP contribution in [0, 0.1) is 17.8 Å². The van der Waals surface area contributed by atoms with Crippen LogP contribution in [0.3, 0.4) is 0 Å². The smallest absolute Gasteiger partial charge is 0.306 e. The van der Waals surface area contributed by atoms with Crippen LogP contribution in [0.5, 0.6) is 0 Å². The molecule has 40 heavy (non-hydrogen) atoms. The second-order valence-electron chi connectivity index (χ2n) is 10.9. The van der Waals surface area contributed by atoms with Gasteiger partial charge in [-0.2, -0.15) is 8.42 Å². The summed E-state index contributed by atoms with van der Waals surface area (Å²) < 4.78 is 29.4. The molecular formula is C29H34ClN5O4S. The number of aliphatic carboxylic acids is 1. The van der Waals surface area contributed by atoms with Crippen molar-refractivity contribution in [3.8, 4) is 11.3 Å². The van der Waals surface area contributed by atoms with Gasteiger partial charge in [-0.25, -0.2) is 9.97 Å². The predicted molar refractivity (Wildman–Crippen MR) is 155 cm³/mol. The summed E-state index contributed by atoms with van der Waals surface area (Å²) in [5.74, 6) is 0.0716. The van der Waals surface area contributed by atoms with Gasteiger partial charge in [0.2, 0.25) is 0 Å². The third-order valence-electron chi connectivity index (χ3n) is 8.07. The van der Waals surface area contributed by atoms with E-state index in [2.05, 4.69) is 31.5 Å². The van der Waals surface area contributed by atoms with Crippen molar-refractivity contribution in [3.63, 3.8) is 0 Å². The normalized spacial score (nSPS) is 22.5.